The highest BCUT2D eigenvalue weighted by molar-refractivity contribution is 8.09. The van der Waals surface area contributed by atoms with Gasteiger partial charge in [-0.3, -0.25) is 0 Å². The first kappa shape index (κ1) is 24.0. The van der Waals surface area contributed by atoms with E-state index in [-0.39, 0.29) is 4.90 Å². The van der Waals surface area contributed by atoms with Crippen LogP contribution in [0.2, 0.25) is 0 Å². The first-order chi connectivity index (χ1) is 15.3. The number of hydrogen-bond donors (Lipinski definition) is 0. The zero-order chi connectivity index (χ0) is 23.2. The summed E-state index contributed by atoms with van der Waals surface area (Å²) < 4.78 is 45.3. The second kappa shape index (κ2) is 10.3. The van der Waals surface area contributed by atoms with Crippen molar-refractivity contribution in [2.24, 2.45) is 3.77 Å². The average Bonchev–Trinajstić information content (AvgIpc) is 2.77. The van der Waals surface area contributed by atoms with Crippen molar-refractivity contribution >= 4 is 24.7 Å². The van der Waals surface area contributed by atoms with E-state index in [4.69, 9.17) is 0 Å². The predicted octanol–water partition coefficient (Wildman–Crippen LogP) is 6.75. The lowest BCUT2D eigenvalue weighted by molar-refractivity contribution is 0.598. The van der Waals surface area contributed by atoms with Crippen molar-refractivity contribution < 1.29 is 12.6 Å². The summed E-state index contributed by atoms with van der Waals surface area (Å²) in [4.78, 5) is 0.848. The van der Waals surface area contributed by atoms with E-state index in [2.05, 4.69) is 10.7 Å². The minimum absolute atomic E-state index is 0.0314. The van der Waals surface area contributed by atoms with E-state index in [0.717, 1.165) is 24.0 Å². The molecule has 0 aliphatic heterocycles. The van der Waals surface area contributed by atoms with Gasteiger partial charge in [0.15, 0.2) is 0 Å². The lowest BCUT2D eigenvalue weighted by atomic mass is 10.1. The van der Waals surface area contributed by atoms with Crippen LogP contribution >= 0.6 is 0 Å². The van der Waals surface area contributed by atoms with Gasteiger partial charge < -0.3 is 0 Å². The van der Waals surface area contributed by atoms with Crippen molar-refractivity contribution in [1.82, 2.24) is 0 Å². The molecule has 0 bridgehead atoms. The monoisotopic (exact) mass is 467 g/mol. The Labute approximate surface area is 192 Å². The summed E-state index contributed by atoms with van der Waals surface area (Å²) in [6.07, 6.45) is 4.45. The topological polar surface area (TPSA) is 63.6 Å². The van der Waals surface area contributed by atoms with Crippen molar-refractivity contribution in [1.29, 1.82) is 0 Å². The molecule has 0 radical (unpaired) electrons. The molecule has 32 heavy (non-hydrogen) atoms. The third kappa shape index (κ3) is 5.56. The number of benzene rings is 3. The summed E-state index contributed by atoms with van der Waals surface area (Å²) in [6, 6.07) is 22.8. The number of hydrogen-bond acceptors (Lipinski definition) is 3. The van der Waals surface area contributed by atoms with Gasteiger partial charge in [-0.1, -0.05) is 95.3 Å². The molecule has 0 saturated carbocycles. The van der Waals surface area contributed by atoms with E-state index >= 15 is 0 Å². The van der Waals surface area contributed by atoms with Gasteiger partial charge in [0, 0.05) is 0 Å². The van der Waals surface area contributed by atoms with Gasteiger partial charge in [-0.25, -0.2) is 4.21 Å². The SMILES string of the molecule is CCCC/C=C(\c1ccccc1)[S@](=O)(=NS(=O)(=O)c1ccc(C)cc1)c1ccc(C)cc1. The second-order valence-corrected chi connectivity index (χ2v) is 11.8. The fourth-order valence-corrected chi connectivity index (χ4v) is 7.41. The second-order valence-electron chi connectivity index (χ2n) is 7.78. The van der Waals surface area contributed by atoms with Crippen molar-refractivity contribution in [2.75, 3.05) is 0 Å². The van der Waals surface area contributed by atoms with E-state index in [1.165, 1.54) is 12.1 Å². The summed E-state index contributed by atoms with van der Waals surface area (Å²) >= 11 is 0. The third-order valence-electron chi connectivity index (χ3n) is 5.11. The highest BCUT2D eigenvalue weighted by Gasteiger charge is 2.25. The van der Waals surface area contributed by atoms with Crippen LogP contribution in [-0.2, 0) is 19.8 Å². The molecule has 0 saturated heterocycles. The molecular weight excluding hydrogens is 438 g/mol. The lowest BCUT2D eigenvalue weighted by Crippen LogP contribution is -2.09. The lowest BCUT2D eigenvalue weighted by Gasteiger charge is -2.16. The van der Waals surface area contributed by atoms with Gasteiger partial charge in [-0.15, -0.1) is 0 Å². The maximum Gasteiger partial charge on any atom is 0.290 e. The quantitative estimate of drug-likeness (QED) is 0.344. The Hall–Kier alpha value is -2.70. The molecular formula is C26H29NO3S2. The van der Waals surface area contributed by atoms with Crippen LogP contribution in [0.3, 0.4) is 0 Å². The van der Waals surface area contributed by atoms with E-state index in [0.29, 0.717) is 21.8 Å². The predicted molar refractivity (Wildman–Crippen MR) is 132 cm³/mol. The summed E-state index contributed by atoms with van der Waals surface area (Å²) in [5.74, 6) is 0. The maximum atomic E-state index is 14.6. The van der Waals surface area contributed by atoms with E-state index in [1.54, 1.807) is 24.3 Å². The minimum atomic E-state index is -4.17. The fraction of sp³-hybridized carbons (Fsp3) is 0.231. The molecule has 0 unspecified atom stereocenters. The molecule has 0 N–H and O–H groups in total. The van der Waals surface area contributed by atoms with Crippen LogP contribution in [0.5, 0.6) is 0 Å². The first-order valence-electron chi connectivity index (χ1n) is 10.7. The maximum absolute atomic E-state index is 14.6. The molecule has 0 amide bonds. The van der Waals surface area contributed by atoms with Crippen LogP contribution in [-0.4, -0.2) is 12.6 Å². The summed E-state index contributed by atoms with van der Waals surface area (Å²) in [5, 5.41) is 0. The normalized spacial score (nSPS) is 14.0. The smallest absolute Gasteiger partial charge is 0.239 e. The van der Waals surface area contributed by atoms with Crippen molar-refractivity contribution in [3.05, 3.63) is 102 Å². The molecule has 0 heterocycles. The molecule has 1 atom stereocenters. The molecule has 0 fully saturated rings. The summed E-state index contributed by atoms with van der Waals surface area (Å²) in [5.41, 5.74) is 2.64. The molecule has 168 valence electrons. The average molecular weight is 468 g/mol. The molecule has 4 nitrogen and oxygen atoms in total. The van der Waals surface area contributed by atoms with Gasteiger partial charge in [0.1, 0.15) is 9.73 Å². The van der Waals surface area contributed by atoms with Gasteiger partial charge >= 0.3 is 0 Å². The molecule has 3 aromatic rings. The number of rotatable bonds is 8. The van der Waals surface area contributed by atoms with Crippen molar-refractivity contribution in [2.45, 2.75) is 49.8 Å². The molecule has 0 aliphatic carbocycles. The Kier molecular flexibility index (Phi) is 7.69. The van der Waals surface area contributed by atoms with Crippen molar-refractivity contribution in [3.8, 4) is 0 Å². The first-order valence-corrected chi connectivity index (χ1v) is 13.6. The standard InChI is InChI=1S/C26H29NO3S2/c1-4-5-7-12-26(23-10-8-6-9-11-23)31(28,24-17-13-21(2)14-18-24)27-32(29,30)25-19-15-22(3)16-20-25/h6,8-20H,4-5,7H2,1-3H3/b26-12+/t31-/m0/s1. The van der Waals surface area contributed by atoms with E-state index in [1.807, 2.05) is 62.4 Å². The van der Waals surface area contributed by atoms with Crippen LogP contribution < -0.4 is 0 Å². The Balaban J connectivity index is 2.32. The molecule has 3 aromatic carbocycles. The zero-order valence-electron chi connectivity index (χ0n) is 18.7. The molecule has 0 aliphatic rings. The van der Waals surface area contributed by atoms with Crippen molar-refractivity contribution in [3.63, 3.8) is 0 Å². The van der Waals surface area contributed by atoms with Crippen LogP contribution in [0.4, 0.5) is 0 Å². The van der Waals surface area contributed by atoms with Gasteiger partial charge in [-0.2, -0.15) is 8.42 Å². The van der Waals surface area contributed by atoms with E-state index < -0.39 is 19.8 Å². The Morgan fingerprint density at radius 3 is 1.84 bits per heavy atom. The van der Waals surface area contributed by atoms with Gasteiger partial charge in [0.05, 0.1) is 14.7 Å². The van der Waals surface area contributed by atoms with Gasteiger partial charge in [0.25, 0.3) is 10.0 Å². The van der Waals surface area contributed by atoms with Gasteiger partial charge in [0.2, 0.25) is 0 Å². The fourth-order valence-electron chi connectivity index (χ4n) is 3.25. The Morgan fingerprint density at radius 1 is 0.781 bits per heavy atom. The highest BCUT2D eigenvalue weighted by atomic mass is 32.3. The minimum Gasteiger partial charge on any atom is -0.239 e. The summed E-state index contributed by atoms with van der Waals surface area (Å²) in [6.45, 7) is 5.90. The highest BCUT2D eigenvalue weighted by Crippen LogP contribution is 2.33. The van der Waals surface area contributed by atoms with Crippen LogP contribution in [0.1, 0.15) is 42.9 Å². The number of nitrogens with zero attached hydrogens (tertiary/aromatic N) is 1. The summed E-state index contributed by atoms with van der Waals surface area (Å²) in [7, 11) is -7.64. The molecule has 3 rings (SSSR count). The molecule has 0 aromatic heterocycles. The Morgan fingerprint density at radius 2 is 1.31 bits per heavy atom. The van der Waals surface area contributed by atoms with E-state index in [9.17, 15) is 12.6 Å². The number of aryl methyl sites for hydroxylation is 2. The number of allylic oxidation sites excluding steroid dienone is 1. The Bertz CT molecular complexity index is 1300. The number of sulfonamides is 1. The van der Waals surface area contributed by atoms with Crippen LogP contribution in [0.15, 0.2) is 98.5 Å². The molecule has 0 spiro atoms. The van der Waals surface area contributed by atoms with Gasteiger partial charge in [-0.05, 0) is 50.1 Å². The van der Waals surface area contributed by atoms with Crippen LogP contribution in [0.25, 0.3) is 4.91 Å². The number of unbranched alkanes of at least 4 members (excludes halogenated alkanes) is 2. The largest absolute Gasteiger partial charge is 0.290 e. The molecule has 6 heteroatoms. The zero-order valence-corrected chi connectivity index (χ0v) is 20.3. The third-order valence-corrected chi connectivity index (χ3v) is 9.51. The van der Waals surface area contributed by atoms with Crippen LogP contribution in [0, 0.1) is 13.8 Å².